The first-order valence-electron chi connectivity index (χ1n) is 3.12. The SMILES string of the molecule is C=C(C)n1c(N)ccnc1=O. The van der Waals surface area contributed by atoms with Crippen LogP contribution in [0.5, 0.6) is 0 Å². The number of nitrogen functional groups attached to an aromatic ring is 1. The van der Waals surface area contributed by atoms with Crippen molar-refractivity contribution in [3.63, 3.8) is 0 Å². The smallest absolute Gasteiger partial charge is 0.353 e. The minimum atomic E-state index is -0.391. The minimum Gasteiger partial charge on any atom is -0.385 e. The lowest BCUT2D eigenvalue weighted by molar-refractivity contribution is 0.942. The van der Waals surface area contributed by atoms with Crippen molar-refractivity contribution in [3.8, 4) is 0 Å². The number of hydrogen-bond donors (Lipinski definition) is 1. The van der Waals surface area contributed by atoms with Gasteiger partial charge in [-0.05, 0) is 13.0 Å². The molecule has 0 aliphatic carbocycles. The first-order valence-corrected chi connectivity index (χ1v) is 3.12. The van der Waals surface area contributed by atoms with Gasteiger partial charge in [0.05, 0.1) is 0 Å². The monoisotopic (exact) mass is 151 g/mol. The van der Waals surface area contributed by atoms with E-state index in [2.05, 4.69) is 11.6 Å². The van der Waals surface area contributed by atoms with E-state index in [1.807, 2.05) is 0 Å². The summed E-state index contributed by atoms with van der Waals surface area (Å²) in [6.07, 6.45) is 1.37. The standard InChI is InChI=1S/C7H9N3O/c1-5(2)10-6(8)3-4-9-7(10)11/h3-4H,1,8H2,2H3. The van der Waals surface area contributed by atoms with Crippen LogP contribution in [0.2, 0.25) is 0 Å². The van der Waals surface area contributed by atoms with Crippen molar-refractivity contribution < 1.29 is 0 Å². The fraction of sp³-hybridized carbons (Fsp3) is 0.143. The maximum absolute atomic E-state index is 11.0. The summed E-state index contributed by atoms with van der Waals surface area (Å²) in [7, 11) is 0. The van der Waals surface area contributed by atoms with Crippen LogP contribution < -0.4 is 11.4 Å². The molecule has 1 aromatic heterocycles. The second-order valence-electron chi connectivity index (χ2n) is 2.22. The third-order valence-electron chi connectivity index (χ3n) is 1.26. The number of rotatable bonds is 1. The van der Waals surface area contributed by atoms with Crippen LogP contribution in [0.15, 0.2) is 23.6 Å². The number of nitrogens with two attached hydrogens (primary N) is 1. The predicted molar refractivity (Wildman–Crippen MR) is 43.9 cm³/mol. The minimum absolute atomic E-state index is 0.359. The predicted octanol–water partition coefficient (Wildman–Crippen LogP) is 0.316. The Balaban J connectivity index is 3.45. The van der Waals surface area contributed by atoms with Crippen molar-refractivity contribution in [1.29, 1.82) is 0 Å². The highest BCUT2D eigenvalue weighted by atomic mass is 16.1. The summed E-state index contributed by atoms with van der Waals surface area (Å²) in [5.74, 6) is 0.359. The van der Waals surface area contributed by atoms with E-state index in [0.29, 0.717) is 11.5 Å². The molecule has 1 aromatic rings. The summed E-state index contributed by atoms with van der Waals surface area (Å²) in [5, 5.41) is 0. The van der Waals surface area contributed by atoms with Crippen LogP contribution in [-0.2, 0) is 0 Å². The average molecular weight is 151 g/mol. The number of anilines is 1. The number of aromatic nitrogens is 2. The zero-order valence-corrected chi connectivity index (χ0v) is 6.24. The van der Waals surface area contributed by atoms with Crippen molar-refractivity contribution in [2.75, 3.05) is 5.73 Å². The maximum atomic E-state index is 11.0. The number of hydrogen-bond acceptors (Lipinski definition) is 3. The lowest BCUT2D eigenvalue weighted by Gasteiger charge is -2.05. The van der Waals surface area contributed by atoms with E-state index >= 15 is 0 Å². The van der Waals surface area contributed by atoms with Gasteiger partial charge in [-0.15, -0.1) is 0 Å². The summed E-state index contributed by atoms with van der Waals surface area (Å²) in [6, 6.07) is 1.55. The van der Waals surface area contributed by atoms with E-state index in [9.17, 15) is 4.79 Å². The molecule has 0 spiro atoms. The highest BCUT2D eigenvalue weighted by molar-refractivity contribution is 5.46. The molecule has 0 atom stereocenters. The topological polar surface area (TPSA) is 60.9 Å². The van der Waals surface area contributed by atoms with Crippen LogP contribution in [0.25, 0.3) is 5.70 Å². The molecule has 0 saturated carbocycles. The molecule has 4 heteroatoms. The van der Waals surface area contributed by atoms with Gasteiger partial charge in [-0.1, -0.05) is 6.58 Å². The zero-order chi connectivity index (χ0) is 8.43. The summed E-state index contributed by atoms with van der Waals surface area (Å²) in [6.45, 7) is 5.28. The average Bonchev–Trinajstić information content (AvgIpc) is 1.85. The molecule has 0 saturated heterocycles. The summed E-state index contributed by atoms with van der Waals surface area (Å²) < 4.78 is 1.25. The quantitative estimate of drug-likeness (QED) is 0.628. The molecule has 2 N–H and O–H groups in total. The maximum Gasteiger partial charge on any atom is 0.353 e. The van der Waals surface area contributed by atoms with Gasteiger partial charge in [0, 0.05) is 11.9 Å². The van der Waals surface area contributed by atoms with Crippen molar-refractivity contribution in [3.05, 3.63) is 29.3 Å². The lowest BCUT2D eigenvalue weighted by Crippen LogP contribution is -2.22. The van der Waals surface area contributed by atoms with Crippen LogP contribution >= 0.6 is 0 Å². The molecular weight excluding hydrogens is 142 g/mol. The van der Waals surface area contributed by atoms with E-state index in [0.717, 1.165) is 0 Å². The van der Waals surface area contributed by atoms with Crippen LogP contribution in [0.4, 0.5) is 5.82 Å². The molecule has 1 rings (SSSR count). The zero-order valence-electron chi connectivity index (χ0n) is 6.24. The fourth-order valence-electron chi connectivity index (χ4n) is 0.804. The Kier molecular flexibility index (Phi) is 1.76. The Bertz CT molecular complexity index is 340. The van der Waals surface area contributed by atoms with Crippen molar-refractivity contribution >= 4 is 11.5 Å². The molecule has 0 unspecified atom stereocenters. The second-order valence-corrected chi connectivity index (χ2v) is 2.22. The molecule has 11 heavy (non-hydrogen) atoms. The Morgan fingerprint density at radius 3 is 2.82 bits per heavy atom. The summed E-state index contributed by atoms with van der Waals surface area (Å²) in [4.78, 5) is 14.5. The van der Waals surface area contributed by atoms with E-state index in [1.165, 1.54) is 10.8 Å². The molecule has 0 aromatic carbocycles. The fourth-order valence-corrected chi connectivity index (χ4v) is 0.804. The van der Waals surface area contributed by atoms with Crippen molar-refractivity contribution in [1.82, 2.24) is 9.55 Å². The summed E-state index contributed by atoms with van der Waals surface area (Å²) in [5.41, 5.74) is 5.66. The van der Waals surface area contributed by atoms with Crippen LogP contribution in [0, 0.1) is 0 Å². The molecular formula is C7H9N3O. The van der Waals surface area contributed by atoms with Gasteiger partial charge in [-0.2, -0.15) is 0 Å². The van der Waals surface area contributed by atoms with Gasteiger partial charge in [0.2, 0.25) is 0 Å². The van der Waals surface area contributed by atoms with Crippen molar-refractivity contribution in [2.45, 2.75) is 6.92 Å². The first kappa shape index (κ1) is 7.53. The van der Waals surface area contributed by atoms with Crippen LogP contribution in [0.1, 0.15) is 6.92 Å². The van der Waals surface area contributed by atoms with E-state index in [1.54, 1.807) is 13.0 Å². The van der Waals surface area contributed by atoms with Gasteiger partial charge >= 0.3 is 5.69 Å². The normalized spacial score (nSPS) is 9.55. The Morgan fingerprint density at radius 1 is 1.82 bits per heavy atom. The van der Waals surface area contributed by atoms with E-state index in [4.69, 9.17) is 5.73 Å². The van der Waals surface area contributed by atoms with E-state index < -0.39 is 5.69 Å². The molecule has 0 radical (unpaired) electrons. The highest BCUT2D eigenvalue weighted by Crippen LogP contribution is 2.01. The molecule has 0 aliphatic heterocycles. The van der Waals surface area contributed by atoms with Gasteiger partial charge in [0.25, 0.3) is 0 Å². The molecule has 0 bridgehead atoms. The highest BCUT2D eigenvalue weighted by Gasteiger charge is 1.99. The Hall–Kier alpha value is -1.58. The van der Waals surface area contributed by atoms with Crippen molar-refractivity contribution in [2.24, 2.45) is 0 Å². The van der Waals surface area contributed by atoms with Gasteiger partial charge < -0.3 is 5.73 Å². The first-order chi connectivity index (χ1) is 5.13. The molecule has 0 fully saturated rings. The van der Waals surface area contributed by atoms with Gasteiger partial charge in [0.1, 0.15) is 5.82 Å². The molecule has 58 valence electrons. The Labute approximate surface area is 64.0 Å². The van der Waals surface area contributed by atoms with Gasteiger partial charge in [-0.25, -0.2) is 9.78 Å². The number of nitrogens with zero attached hydrogens (tertiary/aromatic N) is 2. The van der Waals surface area contributed by atoms with Crippen LogP contribution in [-0.4, -0.2) is 9.55 Å². The summed E-state index contributed by atoms with van der Waals surface area (Å²) >= 11 is 0. The molecule has 1 heterocycles. The Morgan fingerprint density at radius 2 is 2.45 bits per heavy atom. The molecule has 0 aliphatic rings. The second kappa shape index (κ2) is 2.57. The van der Waals surface area contributed by atoms with E-state index in [-0.39, 0.29) is 0 Å². The third kappa shape index (κ3) is 1.29. The lowest BCUT2D eigenvalue weighted by atomic mass is 10.5. The molecule has 0 amide bonds. The van der Waals surface area contributed by atoms with Crippen LogP contribution in [0.3, 0.4) is 0 Å². The number of allylic oxidation sites excluding steroid dienone is 1. The third-order valence-corrected chi connectivity index (χ3v) is 1.26. The van der Waals surface area contributed by atoms with Gasteiger partial charge in [0.15, 0.2) is 0 Å². The van der Waals surface area contributed by atoms with Gasteiger partial charge in [-0.3, -0.25) is 4.57 Å². The largest absolute Gasteiger partial charge is 0.385 e. The molecule has 4 nitrogen and oxygen atoms in total.